The predicted octanol–water partition coefficient (Wildman–Crippen LogP) is 7.01. The van der Waals surface area contributed by atoms with Crippen molar-refractivity contribution in [2.75, 3.05) is 0 Å². The highest BCUT2D eigenvalue weighted by atomic mass is 31.1. The Morgan fingerprint density at radius 3 is 1.33 bits per heavy atom. The molecule has 0 aliphatic heterocycles. The van der Waals surface area contributed by atoms with Gasteiger partial charge in [-0.3, -0.25) is 0 Å². The summed E-state index contributed by atoms with van der Waals surface area (Å²) in [5, 5.41) is 2.85. The Hall–Kier alpha value is -2.95. The molecular formula is C29H25P. The third-order valence-corrected chi connectivity index (χ3v) is 8.69. The number of hydrogen-bond acceptors (Lipinski definition) is 0. The maximum absolute atomic E-state index is 2.34. The highest BCUT2D eigenvalue weighted by molar-refractivity contribution is 7.73. The first-order valence-electron chi connectivity index (χ1n) is 10.5. The average molecular weight is 404 g/mol. The molecule has 1 aliphatic carbocycles. The van der Waals surface area contributed by atoms with Crippen LogP contribution in [0, 0.1) is 13.8 Å². The van der Waals surface area contributed by atoms with Crippen LogP contribution in [0.5, 0.6) is 0 Å². The Morgan fingerprint density at radius 1 is 0.500 bits per heavy atom. The molecule has 0 heterocycles. The van der Waals surface area contributed by atoms with Crippen molar-refractivity contribution >= 4 is 30.7 Å². The number of fused-ring (bicyclic) bond motifs is 2. The molecule has 0 fully saturated rings. The smallest absolute Gasteiger partial charge is 0.0384 e. The van der Waals surface area contributed by atoms with Gasteiger partial charge in [-0.05, 0) is 54.6 Å². The molecule has 0 bridgehead atoms. The molecule has 1 aliphatic rings. The zero-order valence-corrected chi connectivity index (χ0v) is 18.3. The lowest BCUT2D eigenvalue weighted by Gasteiger charge is -2.31. The Balaban J connectivity index is 1.79. The third-order valence-electron chi connectivity index (χ3n) is 5.91. The van der Waals surface area contributed by atoms with Crippen LogP contribution in [0.2, 0.25) is 0 Å². The molecular weight excluding hydrogens is 379 g/mol. The van der Waals surface area contributed by atoms with Crippen LogP contribution in [0.15, 0.2) is 97.1 Å². The Bertz CT molecular complexity index is 1100. The van der Waals surface area contributed by atoms with Crippen molar-refractivity contribution < 1.29 is 0 Å². The summed E-state index contributed by atoms with van der Waals surface area (Å²) in [4.78, 5) is 0. The molecule has 0 aromatic heterocycles. The van der Waals surface area contributed by atoms with Gasteiger partial charge >= 0.3 is 0 Å². The summed E-state index contributed by atoms with van der Waals surface area (Å²) in [5.41, 5.74) is 8.42. The van der Waals surface area contributed by atoms with E-state index in [0.29, 0.717) is 5.66 Å². The molecule has 4 aromatic rings. The SMILES string of the molecule is Cc1ccc(P(c2ccc(C)cc2)C2c3ccccc3C=Cc3ccccc32)cc1. The molecule has 1 heteroatoms. The molecule has 0 atom stereocenters. The maximum atomic E-state index is 2.34. The van der Waals surface area contributed by atoms with E-state index in [2.05, 4.69) is 123 Å². The molecule has 0 unspecified atom stereocenters. The Labute approximate surface area is 180 Å². The lowest BCUT2D eigenvalue weighted by Crippen LogP contribution is -2.19. The number of benzene rings is 4. The predicted molar refractivity (Wildman–Crippen MR) is 132 cm³/mol. The van der Waals surface area contributed by atoms with E-state index in [1.54, 1.807) is 0 Å². The summed E-state index contributed by atoms with van der Waals surface area (Å²) >= 11 is 0. The van der Waals surface area contributed by atoms with E-state index in [1.807, 2.05) is 0 Å². The van der Waals surface area contributed by atoms with Crippen molar-refractivity contribution in [2.24, 2.45) is 0 Å². The zero-order valence-electron chi connectivity index (χ0n) is 17.4. The van der Waals surface area contributed by atoms with Crippen molar-refractivity contribution in [3.63, 3.8) is 0 Å². The van der Waals surface area contributed by atoms with Crippen molar-refractivity contribution in [1.29, 1.82) is 0 Å². The molecule has 146 valence electrons. The number of rotatable bonds is 3. The monoisotopic (exact) mass is 404 g/mol. The molecule has 0 saturated heterocycles. The average Bonchev–Trinajstić information content (AvgIpc) is 2.94. The fourth-order valence-corrected chi connectivity index (χ4v) is 7.17. The Kier molecular flexibility index (Phi) is 5.11. The summed E-state index contributed by atoms with van der Waals surface area (Å²) in [6, 6.07) is 36.2. The van der Waals surface area contributed by atoms with Gasteiger partial charge in [-0.1, -0.05) is 120 Å². The minimum atomic E-state index is -0.624. The summed E-state index contributed by atoms with van der Waals surface area (Å²) < 4.78 is 0. The van der Waals surface area contributed by atoms with Crippen LogP contribution in [-0.4, -0.2) is 0 Å². The van der Waals surface area contributed by atoms with E-state index in [4.69, 9.17) is 0 Å². The van der Waals surface area contributed by atoms with Gasteiger partial charge in [0.25, 0.3) is 0 Å². The first kappa shape index (κ1) is 19.0. The van der Waals surface area contributed by atoms with Crippen LogP contribution in [-0.2, 0) is 0 Å². The van der Waals surface area contributed by atoms with Gasteiger partial charge in [0.15, 0.2) is 0 Å². The second-order valence-corrected chi connectivity index (χ2v) is 10.3. The van der Waals surface area contributed by atoms with Crippen LogP contribution < -0.4 is 10.6 Å². The van der Waals surface area contributed by atoms with Crippen molar-refractivity contribution in [3.05, 3.63) is 130 Å². The van der Waals surface area contributed by atoms with E-state index >= 15 is 0 Å². The molecule has 0 nitrogen and oxygen atoms in total. The van der Waals surface area contributed by atoms with Crippen LogP contribution in [0.1, 0.15) is 39.0 Å². The molecule has 0 amide bonds. The van der Waals surface area contributed by atoms with Crippen molar-refractivity contribution in [3.8, 4) is 0 Å². The molecule has 0 N–H and O–H groups in total. The summed E-state index contributed by atoms with van der Waals surface area (Å²) in [6.45, 7) is 4.33. The van der Waals surface area contributed by atoms with Gasteiger partial charge in [0.1, 0.15) is 0 Å². The highest BCUT2D eigenvalue weighted by Crippen LogP contribution is 2.55. The first-order chi connectivity index (χ1) is 14.7. The Morgan fingerprint density at radius 2 is 0.900 bits per heavy atom. The third kappa shape index (κ3) is 3.53. The maximum Gasteiger partial charge on any atom is 0.0384 e. The van der Waals surface area contributed by atoms with Crippen LogP contribution in [0.25, 0.3) is 12.2 Å². The van der Waals surface area contributed by atoms with Gasteiger partial charge in [0.05, 0.1) is 0 Å². The number of hydrogen-bond donors (Lipinski definition) is 0. The van der Waals surface area contributed by atoms with Crippen LogP contribution in [0.4, 0.5) is 0 Å². The van der Waals surface area contributed by atoms with Crippen molar-refractivity contribution in [1.82, 2.24) is 0 Å². The summed E-state index contributed by atoms with van der Waals surface area (Å²) in [5.74, 6) is 0. The van der Waals surface area contributed by atoms with Gasteiger partial charge in [-0.2, -0.15) is 0 Å². The summed E-state index contributed by atoms with van der Waals surface area (Å²) in [6.07, 6.45) is 4.57. The molecule has 0 radical (unpaired) electrons. The van der Waals surface area contributed by atoms with E-state index in [-0.39, 0.29) is 0 Å². The van der Waals surface area contributed by atoms with Crippen molar-refractivity contribution in [2.45, 2.75) is 19.5 Å². The van der Waals surface area contributed by atoms with Gasteiger partial charge in [0.2, 0.25) is 0 Å². The molecule has 4 aromatic carbocycles. The van der Waals surface area contributed by atoms with Gasteiger partial charge in [-0.15, -0.1) is 0 Å². The lowest BCUT2D eigenvalue weighted by molar-refractivity contribution is 1.14. The minimum absolute atomic E-state index is 0.313. The molecule has 0 spiro atoms. The van der Waals surface area contributed by atoms with Gasteiger partial charge < -0.3 is 0 Å². The molecule has 5 rings (SSSR count). The van der Waals surface area contributed by atoms with E-state index in [9.17, 15) is 0 Å². The molecule has 30 heavy (non-hydrogen) atoms. The normalized spacial score (nSPS) is 13.0. The second kappa shape index (κ2) is 8.05. The lowest BCUT2D eigenvalue weighted by atomic mass is 9.99. The fourth-order valence-electron chi connectivity index (χ4n) is 4.31. The quantitative estimate of drug-likeness (QED) is 0.322. The van der Waals surface area contributed by atoms with Gasteiger partial charge in [0, 0.05) is 5.66 Å². The van der Waals surface area contributed by atoms with E-state index in [0.717, 1.165) is 0 Å². The topological polar surface area (TPSA) is 0 Å². The number of aryl methyl sites for hydroxylation is 2. The van der Waals surface area contributed by atoms with Gasteiger partial charge in [-0.25, -0.2) is 0 Å². The zero-order chi connectivity index (χ0) is 20.5. The summed E-state index contributed by atoms with van der Waals surface area (Å²) in [7, 11) is -0.624. The standard InChI is InChI=1S/C29H25P/c1-21-11-17-25(18-12-21)30(26-19-13-22(2)14-20-26)29-27-9-5-3-7-23(27)15-16-24-8-4-6-10-28(24)29/h3-20,29H,1-2H3. The molecule has 0 saturated carbocycles. The first-order valence-corrected chi connectivity index (χ1v) is 11.9. The van der Waals surface area contributed by atoms with Crippen LogP contribution >= 0.6 is 7.92 Å². The van der Waals surface area contributed by atoms with Crippen LogP contribution in [0.3, 0.4) is 0 Å². The second-order valence-electron chi connectivity index (χ2n) is 8.03. The largest absolute Gasteiger partial charge is 0.0619 e. The van der Waals surface area contributed by atoms with E-state index < -0.39 is 7.92 Å². The van der Waals surface area contributed by atoms with E-state index in [1.165, 1.54) is 44.0 Å². The fraction of sp³-hybridized carbons (Fsp3) is 0.103. The highest BCUT2D eigenvalue weighted by Gasteiger charge is 2.31. The minimum Gasteiger partial charge on any atom is -0.0619 e.